The maximum atomic E-state index is 13.7. The Kier molecular flexibility index (Phi) is 4.63. The molecule has 3 aliphatic rings. The van der Waals surface area contributed by atoms with Crippen LogP contribution in [-0.2, 0) is 11.0 Å². The molecule has 2 aliphatic heterocycles. The number of amides is 1. The average molecular weight is 481 g/mol. The van der Waals surface area contributed by atoms with Crippen LogP contribution in [0.4, 0.5) is 5.82 Å². The normalized spacial score (nSPS) is 27.0. The summed E-state index contributed by atoms with van der Waals surface area (Å²) in [5, 5.41) is 9.39. The summed E-state index contributed by atoms with van der Waals surface area (Å²) in [4.78, 5) is 15.7. The second-order valence-electron chi connectivity index (χ2n) is 10.3. The maximum absolute atomic E-state index is 13.7. The number of rotatable bonds is 3. The van der Waals surface area contributed by atoms with Gasteiger partial charge in [-0.05, 0) is 55.9 Å². The fraction of sp³-hybridized carbons (Fsp3) is 0.385. The van der Waals surface area contributed by atoms with E-state index in [2.05, 4.69) is 54.6 Å². The summed E-state index contributed by atoms with van der Waals surface area (Å²) in [6.07, 6.45) is 3.71. The van der Waals surface area contributed by atoms with E-state index in [-0.39, 0.29) is 22.9 Å². The second kappa shape index (κ2) is 7.25. The monoisotopic (exact) mass is 480 g/mol. The summed E-state index contributed by atoms with van der Waals surface area (Å²) < 4.78 is 1.98. The van der Waals surface area contributed by atoms with E-state index in [1.54, 1.807) is 6.20 Å². The van der Waals surface area contributed by atoms with Gasteiger partial charge in [0.25, 0.3) is 5.91 Å². The van der Waals surface area contributed by atoms with Gasteiger partial charge in [0, 0.05) is 18.5 Å². The molecular weight excluding hydrogens is 455 g/mol. The number of benzene rings is 2. The van der Waals surface area contributed by atoms with Crippen LogP contribution in [0, 0.1) is 5.92 Å². The molecule has 170 valence electrons. The van der Waals surface area contributed by atoms with Crippen LogP contribution in [0.2, 0.25) is 10.0 Å². The quantitative estimate of drug-likeness (QED) is 0.507. The zero-order chi connectivity index (χ0) is 23.0. The van der Waals surface area contributed by atoms with Crippen molar-refractivity contribution in [2.24, 2.45) is 5.92 Å². The molecule has 5 nitrogen and oxygen atoms in total. The summed E-state index contributed by atoms with van der Waals surface area (Å²) in [7, 11) is 0. The van der Waals surface area contributed by atoms with Gasteiger partial charge < -0.3 is 10.2 Å². The van der Waals surface area contributed by atoms with Crippen LogP contribution in [-0.4, -0.2) is 33.7 Å². The summed E-state index contributed by atoms with van der Waals surface area (Å²) >= 11 is 12.4. The van der Waals surface area contributed by atoms with E-state index in [4.69, 9.17) is 23.2 Å². The van der Waals surface area contributed by atoms with Crippen molar-refractivity contribution in [2.45, 2.75) is 43.7 Å². The molecule has 1 aliphatic carbocycles. The molecule has 6 rings (SSSR count). The van der Waals surface area contributed by atoms with Crippen LogP contribution in [0.5, 0.6) is 0 Å². The van der Waals surface area contributed by atoms with E-state index >= 15 is 0 Å². The number of nitrogens with zero attached hydrogens (tertiary/aromatic N) is 3. The zero-order valence-corrected chi connectivity index (χ0v) is 20.2. The van der Waals surface area contributed by atoms with Crippen molar-refractivity contribution in [3.63, 3.8) is 0 Å². The minimum atomic E-state index is -0.200. The highest BCUT2D eigenvalue weighted by atomic mass is 35.5. The Labute approximate surface area is 203 Å². The Morgan fingerprint density at radius 1 is 1.09 bits per heavy atom. The molecule has 1 aromatic heterocycles. The van der Waals surface area contributed by atoms with Crippen LogP contribution < -0.4 is 5.32 Å². The minimum Gasteiger partial charge on any atom is -0.363 e. The molecule has 0 spiro atoms. The molecule has 1 N–H and O–H groups in total. The summed E-state index contributed by atoms with van der Waals surface area (Å²) in [6.45, 7) is 5.82. The van der Waals surface area contributed by atoms with Gasteiger partial charge in [-0.1, -0.05) is 59.6 Å². The molecule has 0 bridgehead atoms. The highest BCUT2D eigenvalue weighted by molar-refractivity contribution is 6.42. The minimum absolute atomic E-state index is 0.00358. The van der Waals surface area contributed by atoms with Crippen LogP contribution in [0.1, 0.15) is 54.2 Å². The molecule has 3 aromatic rings. The van der Waals surface area contributed by atoms with E-state index in [9.17, 15) is 4.79 Å². The number of carbonyl (C=O) groups is 1. The molecule has 2 aromatic carbocycles. The Morgan fingerprint density at radius 3 is 2.64 bits per heavy atom. The highest BCUT2D eigenvalue weighted by Gasteiger charge is 2.62. The Balaban J connectivity index is 1.28. The first-order valence-electron chi connectivity index (χ1n) is 11.4. The number of nitrogens with one attached hydrogen (secondary N) is 1. The predicted octanol–water partition coefficient (Wildman–Crippen LogP) is 5.90. The number of hydrogen-bond acceptors (Lipinski definition) is 3. The van der Waals surface area contributed by atoms with Crippen LogP contribution in [0.25, 0.3) is 0 Å². The molecule has 2 fully saturated rings. The number of halogens is 2. The lowest BCUT2D eigenvalue weighted by atomic mass is 9.89. The number of aromatic nitrogens is 2. The first-order chi connectivity index (χ1) is 15.8. The molecule has 1 amide bonds. The predicted molar refractivity (Wildman–Crippen MR) is 131 cm³/mol. The number of carbonyl (C=O) groups excluding carboxylic acids is 1. The van der Waals surface area contributed by atoms with Gasteiger partial charge in [-0.15, -0.1) is 0 Å². The third kappa shape index (κ3) is 3.28. The first kappa shape index (κ1) is 21.1. The van der Waals surface area contributed by atoms with Gasteiger partial charge in [0.15, 0.2) is 0 Å². The van der Waals surface area contributed by atoms with Crippen LogP contribution in [0.15, 0.2) is 54.7 Å². The summed E-state index contributed by atoms with van der Waals surface area (Å²) in [5.41, 5.74) is 2.84. The molecule has 1 saturated heterocycles. The molecule has 33 heavy (non-hydrogen) atoms. The average Bonchev–Trinajstić information content (AvgIpc) is 3.14. The van der Waals surface area contributed by atoms with E-state index in [1.165, 1.54) is 11.1 Å². The molecule has 7 heteroatoms. The summed E-state index contributed by atoms with van der Waals surface area (Å²) in [5.74, 6) is 1.32. The Morgan fingerprint density at radius 2 is 1.88 bits per heavy atom. The molecule has 1 saturated carbocycles. The van der Waals surface area contributed by atoms with Gasteiger partial charge in [0.2, 0.25) is 0 Å². The lowest BCUT2D eigenvalue weighted by Crippen LogP contribution is -2.39. The maximum Gasteiger partial charge on any atom is 0.259 e. The topological polar surface area (TPSA) is 50.2 Å². The van der Waals surface area contributed by atoms with Crippen molar-refractivity contribution in [2.75, 3.05) is 18.4 Å². The first-order valence-corrected chi connectivity index (χ1v) is 12.2. The molecule has 0 unspecified atom stereocenters. The van der Waals surface area contributed by atoms with Crippen LogP contribution >= 0.6 is 23.2 Å². The molecular formula is C26H26Cl2N4O. The van der Waals surface area contributed by atoms with Crippen molar-refractivity contribution >= 4 is 34.9 Å². The third-order valence-corrected chi connectivity index (χ3v) is 8.46. The number of anilines is 1. The van der Waals surface area contributed by atoms with E-state index < -0.39 is 0 Å². The molecule has 3 heterocycles. The standard InChI is InChI=1S/C26H26Cl2N4O/c1-25(2)12-22(16-6-4-3-5-7-16)30-23-19(13-29-32(23)25)24(33)31-14-18-11-26(18,15-31)17-8-9-20(27)21(28)10-17/h3-10,13,18,22,30H,11-12,14-15H2,1-2H3/t18-,22-,26+/m1/s1. The van der Waals surface area contributed by atoms with Crippen molar-refractivity contribution in [1.29, 1.82) is 0 Å². The lowest BCUT2D eigenvalue weighted by molar-refractivity contribution is 0.0772. The van der Waals surface area contributed by atoms with Gasteiger partial charge in [0.05, 0.1) is 27.8 Å². The molecule has 3 atom stereocenters. The van der Waals surface area contributed by atoms with Crippen LogP contribution in [0.3, 0.4) is 0 Å². The Hall–Kier alpha value is -2.50. The zero-order valence-electron chi connectivity index (χ0n) is 18.7. The van der Waals surface area contributed by atoms with E-state index in [1.807, 2.05) is 27.8 Å². The highest BCUT2D eigenvalue weighted by Crippen LogP contribution is 2.59. The number of hydrogen-bond donors (Lipinski definition) is 1. The lowest BCUT2D eigenvalue weighted by Gasteiger charge is -2.38. The third-order valence-electron chi connectivity index (χ3n) is 7.72. The van der Waals surface area contributed by atoms with Gasteiger partial charge in [-0.25, -0.2) is 4.68 Å². The van der Waals surface area contributed by atoms with Crippen molar-refractivity contribution in [3.8, 4) is 0 Å². The number of piperidine rings is 1. The van der Waals surface area contributed by atoms with Gasteiger partial charge in [-0.3, -0.25) is 4.79 Å². The SMILES string of the molecule is CC1(C)C[C@H](c2ccccc2)Nc2c(C(=O)N3C[C@H]4C[C@@]4(c4ccc(Cl)c(Cl)c4)C3)cnn21. The van der Waals surface area contributed by atoms with Gasteiger partial charge >= 0.3 is 0 Å². The molecule has 0 radical (unpaired) electrons. The largest absolute Gasteiger partial charge is 0.363 e. The number of fused-ring (bicyclic) bond motifs is 2. The second-order valence-corrected chi connectivity index (χ2v) is 11.1. The Bertz CT molecular complexity index is 1250. The van der Waals surface area contributed by atoms with Crippen molar-refractivity contribution in [1.82, 2.24) is 14.7 Å². The van der Waals surface area contributed by atoms with Crippen molar-refractivity contribution < 1.29 is 4.79 Å². The van der Waals surface area contributed by atoms with Crippen molar-refractivity contribution in [3.05, 3.63) is 81.5 Å². The summed E-state index contributed by atoms with van der Waals surface area (Å²) in [6, 6.07) is 16.4. The fourth-order valence-corrected chi connectivity index (χ4v) is 6.15. The smallest absolute Gasteiger partial charge is 0.259 e. The van der Waals surface area contributed by atoms with Gasteiger partial charge in [-0.2, -0.15) is 5.10 Å². The fourth-order valence-electron chi connectivity index (χ4n) is 5.85. The van der Waals surface area contributed by atoms with E-state index in [0.29, 0.717) is 28.1 Å². The van der Waals surface area contributed by atoms with Gasteiger partial charge in [0.1, 0.15) is 11.4 Å². The van der Waals surface area contributed by atoms with E-state index in [0.717, 1.165) is 25.2 Å². The number of likely N-dealkylation sites (tertiary alicyclic amines) is 1.